The average molecular weight is 254 g/mol. The lowest BCUT2D eigenvalue weighted by molar-refractivity contribution is 0.471. The van der Waals surface area contributed by atoms with Crippen LogP contribution in [0.3, 0.4) is 0 Å². The van der Waals surface area contributed by atoms with Gasteiger partial charge in [0.05, 0.1) is 0 Å². The van der Waals surface area contributed by atoms with Gasteiger partial charge in [0.2, 0.25) is 0 Å². The van der Waals surface area contributed by atoms with Crippen molar-refractivity contribution >= 4 is 0 Å². The van der Waals surface area contributed by atoms with E-state index < -0.39 is 0 Å². The molecule has 19 heavy (non-hydrogen) atoms. The SMILES string of the molecule is CCc1cc(C)ccc1Oc1ccc(C)cc1CC. The molecule has 0 heterocycles. The van der Waals surface area contributed by atoms with Crippen molar-refractivity contribution < 1.29 is 4.74 Å². The number of hydrogen-bond acceptors (Lipinski definition) is 1. The molecule has 100 valence electrons. The van der Waals surface area contributed by atoms with Gasteiger partial charge >= 0.3 is 0 Å². The summed E-state index contributed by atoms with van der Waals surface area (Å²) in [5, 5.41) is 0. The van der Waals surface area contributed by atoms with Crippen LogP contribution in [0, 0.1) is 13.8 Å². The summed E-state index contributed by atoms with van der Waals surface area (Å²) >= 11 is 0. The first-order chi connectivity index (χ1) is 9.13. The van der Waals surface area contributed by atoms with Crippen LogP contribution in [0.25, 0.3) is 0 Å². The van der Waals surface area contributed by atoms with Crippen molar-refractivity contribution in [2.24, 2.45) is 0 Å². The molecule has 0 aliphatic rings. The molecule has 0 amide bonds. The zero-order valence-corrected chi connectivity index (χ0v) is 12.3. The van der Waals surface area contributed by atoms with Crippen molar-refractivity contribution in [3.63, 3.8) is 0 Å². The minimum absolute atomic E-state index is 0.978. The van der Waals surface area contributed by atoms with E-state index in [9.17, 15) is 0 Å². The fraction of sp³-hybridized carbons (Fsp3) is 0.333. The fourth-order valence-electron chi connectivity index (χ4n) is 2.29. The lowest BCUT2D eigenvalue weighted by atomic mass is 10.1. The van der Waals surface area contributed by atoms with Crippen molar-refractivity contribution in [2.45, 2.75) is 40.5 Å². The molecule has 0 atom stereocenters. The predicted molar refractivity (Wildman–Crippen MR) is 81.2 cm³/mol. The van der Waals surface area contributed by atoms with E-state index in [-0.39, 0.29) is 0 Å². The Morgan fingerprint density at radius 1 is 0.737 bits per heavy atom. The second kappa shape index (κ2) is 5.92. The van der Waals surface area contributed by atoms with E-state index >= 15 is 0 Å². The number of rotatable bonds is 4. The molecule has 0 radical (unpaired) electrons. The predicted octanol–water partition coefficient (Wildman–Crippen LogP) is 5.22. The van der Waals surface area contributed by atoms with Crippen LogP contribution in [0.2, 0.25) is 0 Å². The number of ether oxygens (including phenoxy) is 1. The summed E-state index contributed by atoms with van der Waals surface area (Å²) in [6, 6.07) is 12.8. The van der Waals surface area contributed by atoms with Gasteiger partial charge in [-0.1, -0.05) is 49.2 Å². The van der Waals surface area contributed by atoms with Crippen molar-refractivity contribution in [2.75, 3.05) is 0 Å². The first-order valence-corrected chi connectivity index (χ1v) is 7.01. The maximum atomic E-state index is 6.13. The number of hydrogen-bond donors (Lipinski definition) is 0. The standard InChI is InChI=1S/C18H22O/c1-5-15-11-13(3)7-9-17(15)19-18-10-8-14(4)12-16(18)6-2/h7-12H,5-6H2,1-4H3. The average Bonchev–Trinajstić information content (AvgIpc) is 2.42. The molecular formula is C18H22O. The van der Waals surface area contributed by atoms with Crippen LogP contribution in [0.5, 0.6) is 11.5 Å². The Labute approximate surface area is 116 Å². The quantitative estimate of drug-likeness (QED) is 0.726. The Kier molecular flexibility index (Phi) is 4.26. The second-order valence-corrected chi connectivity index (χ2v) is 5.03. The lowest BCUT2D eigenvalue weighted by Gasteiger charge is -2.14. The molecule has 0 bridgehead atoms. The molecule has 1 heteroatoms. The van der Waals surface area contributed by atoms with E-state index in [2.05, 4.69) is 64.1 Å². The Bertz CT molecular complexity index is 518. The Hall–Kier alpha value is -1.76. The largest absolute Gasteiger partial charge is 0.457 e. The molecule has 0 spiro atoms. The van der Waals surface area contributed by atoms with Crippen LogP contribution in [-0.4, -0.2) is 0 Å². The molecule has 2 aromatic carbocycles. The van der Waals surface area contributed by atoms with Crippen molar-refractivity contribution in [3.05, 3.63) is 58.7 Å². The topological polar surface area (TPSA) is 9.23 Å². The van der Waals surface area contributed by atoms with Gasteiger partial charge in [-0.3, -0.25) is 0 Å². The van der Waals surface area contributed by atoms with E-state index in [0.717, 1.165) is 24.3 Å². The van der Waals surface area contributed by atoms with E-state index in [0.29, 0.717) is 0 Å². The molecule has 2 aromatic rings. The van der Waals surface area contributed by atoms with Gasteiger partial charge in [0.25, 0.3) is 0 Å². The molecule has 1 nitrogen and oxygen atoms in total. The monoisotopic (exact) mass is 254 g/mol. The van der Waals surface area contributed by atoms with E-state index in [1.165, 1.54) is 22.3 Å². The van der Waals surface area contributed by atoms with Crippen LogP contribution in [0.4, 0.5) is 0 Å². The van der Waals surface area contributed by atoms with E-state index in [1.807, 2.05) is 0 Å². The third kappa shape index (κ3) is 3.17. The summed E-state index contributed by atoms with van der Waals surface area (Å²) in [6.45, 7) is 8.56. The number of benzene rings is 2. The summed E-state index contributed by atoms with van der Waals surface area (Å²) < 4.78 is 6.13. The molecule has 0 aromatic heterocycles. The maximum Gasteiger partial charge on any atom is 0.130 e. The lowest BCUT2D eigenvalue weighted by Crippen LogP contribution is -1.95. The third-order valence-electron chi connectivity index (χ3n) is 3.41. The summed E-state index contributed by atoms with van der Waals surface area (Å²) in [7, 11) is 0. The zero-order chi connectivity index (χ0) is 13.8. The van der Waals surface area contributed by atoms with Gasteiger partial charge in [-0.25, -0.2) is 0 Å². The minimum Gasteiger partial charge on any atom is -0.457 e. The van der Waals surface area contributed by atoms with Gasteiger partial charge in [0.1, 0.15) is 11.5 Å². The summed E-state index contributed by atoms with van der Waals surface area (Å²) in [5.74, 6) is 1.96. The minimum atomic E-state index is 0.978. The van der Waals surface area contributed by atoms with Gasteiger partial charge in [-0.2, -0.15) is 0 Å². The Balaban J connectivity index is 2.36. The molecule has 0 N–H and O–H groups in total. The Morgan fingerprint density at radius 2 is 1.16 bits per heavy atom. The van der Waals surface area contributed by atoms with Gasteiger partial charge in [0.15, 0.2) is 0 Å². The molecule has 0 aliphatic carbocycles. The molecule has 0 saturated carbocycles. The highest BCUT2D eigenvalue weighted by Gasteiger charge is 2.07. The summed E-state index contributed by atoms with van der Waals surface area (Å²) in [4.78, 5) is 0. The zero-order valence-electron chi connectivity index (χ0n) is 12.3. The summed E-state index contributed by atoms with van der Waals surface area (Å²) in [6.07, 6.45) is 1.98. The molecule has 0 saturated heterocycles. The van der Waals surface area contributed by atoms with Crippen molar-refractivity contribution in [1.82, 2.24) is 0 Å². The molecule has 0 fully saturated rings. The van der Waals surface area contributed by atoms with Crippen LogP contribution in [-0.2, 0) is 12.8 Å². The van der Waals surface area contributed by atoms with Gasteiger partial charge in [0, 0.05) is 0 Å². The first-order valence-electron chi connectivity index (χ1n) is 7.01. The molecule has 2 rings (SSSR count). The number of aryl methyl sites for hydroxylation is 4. The van der Waals surface area contributed by atoms with Gasteiger partial charge < -0.3 is 4.74 Å². The maximum absolute atomic E-state index is 6.13. The Morgan fingerprint density at radius 3 is 1.53 bits per heavy atom. The van der Waals surface area contributed by atoms with Crippen molar-refractivity contribution in [1.29, 1.82) is 0 Å². The molecule has 0 aliphatic heterocycles. The highest BCUT2D eigenvalue weighted by molar-refractivity contribution is 5.44. The third-order valence-corrected chi connectivity index (χ3v) is 3.41. The highest BCUT2D eigenvalue weighted by atomic mass is 16.5. The van der Waals surface area contributed by atoms with Crippen LogP contribution in [0.15, 0.2) is 36.4 Å². The van der Waals surface area contributed by atoms with Gasteiger partial charge in [-0.15, -0.1) is 0 Å². The highest BCUT2D eigenvalue weighted by Crippen LogP contribution is 2.30. The van der Waals surface area contributed by atoms with Crippen LogP contribution in [0.1, 0.15) is 36.1 Å². The van der Waals surface area contributed by atoms with Crippen LogP contribution < -0.4 is 4.74 Å². The van der Waals surface area contributed by atoms with Crippen LogP contribution >= 0.6 is 0 Å². The smallest absolute Gasteiger partial charge is 0.130 e. The molecule has 0 unspecified atom stereocenters. The van der Waals surface area contributed by atoms with E-state index in [1.54, 1.807) is 0 Å². The van der Waals surface area contributed by atoms with E-state index in [4.69, 9.17) is 4.74 Å². The van der Waals surface area contributed by atoms with Crippen molar-refractivity contribution in [3.8, 4) is 11.5 Å². The fourth-order valence-corrected chi connectivity index (χ4v) is 2.29. The summed E-state index contributed by atoms with van der Waals surface area (Å²) in [5.41, 5.74) is 5.10. The molecular weight excluding hydrogens is 232 g/mol. The first kappa shape index (κ1) is 13.7. The normalized spacial score (nSPS) is 10.5. The second-order valence-electron chi connectivity index (χ2n) is 5.03. The van der Waals surface area contributed by atoms with Gasteiger partial charge in [-0.05, 0) is 49.9 Å².